The van der Waals surface area contributed by atoms with E-state index in [4.69, 9.17) is 14.2 Å². The summed E-state index contributed by atoms with van der Waals surface area (Å²) in [6.07, 6.45) is -0.470. The molecular formula is C15H22O5. The number of aliphatic hydroxyl groups excluding tert-OH is 1. The molecule has 0 bridgehead atoms. The van der Waals surface area contributed by atoms with Gasteiger partial charge in [-0.15, -0.1) is 0 Å². The molecule has 0 aliphatic rings. The summed E-state index contributed by atoms with van der Waals surface area (Å²) in [4.78, 5) is 11.9. The van der Waals surface area contributed by atoms with E-state index in [1.54, 1.807) is 25.1 Å². The van der Waals surface area contributed by atoms with Crippen molar-refractivity contribution in [3.8, 4) is 11.5 Å². The number of carbonyl (C=O) groups excluding carboxylic acids is 1. The van der Waals surface area contributed by atoms with Gasteiger partial charge in [0.05, 0.1) is 32.8 Å². The summed E-state index contributed by atoms with van der Waals surface area (Å²) in [5, 5.41) is 10.4. The topological polar surface area (TPSA) is 65.0 Å². The lowest BCUT2D eigenvalue weighted by Gasteiger charge is -2.21. The zero-order valence-corrected chi connectivity index (χ0v) is 12.4. The van der Waals surface area contributed by atoms with Gasteiger partial charge in [0.2, 0.25) is 0 Å². The summed E-state index contributed by atoms with van der Waals surface area (Å²) < 4.78 is 15.3. The highest BCUT2D eigenvalue weighted by Crippen LogP contribution is 2.31. The largest absolute Gasteiger partial charge is 0.497 e. The molecule has 1 aromatic rings. The van der Waals surface area contributed by atoms with Gasteiger partial charge in [-0.05, 0) is 31.0 Å². The second-order valence-corrected chi connectivity index (χ2v) is 4.36. The van der Waals surface area contributed by atoms with E-state index in [1.807, 2.05) is 6.92 Å². The highest BCUT2D eigenvalue weighted by atomic mass is 16.5. The molecule has 0 spiro atoms. The molecular weight excluding hydrogens is 260 g/mol. The first-order chi connectivity index (χ1) is 9.57. The van der Waals surface area contributed by atoms with Crippen LogP contribution in [-0.4, -0.2) is 31.9 Å². The smallest absolute Gasteiger partial charge is 0.311 e. The summed E-state index contributed by atoms with van der Waals surface area (Å²) in [7, 11) is 3.07. The fourth-order valence-corrected chi connectivity index (χ4v) is 2.00. The van der Waals surface area contributed by atoms with E-state index in [0.717, 1.165) is 0 Å². The second-order valence-electron chi connectivity index (χ2n) is 4.36. The Morgan fingerprint density at radius 1 is 1.15 bits per heavy atom. The van der Waals surface area contributed by atoms with Crippen molar-refractivity contribution in [2.24, 2.45) is 5.92 Å². The van der Waals surface area contributed by atoms with Gasteiger partial charge in [-0.3, -0.25) is 4.79 Å². The van der Waals surface area contributed by atoms with E-state index in [-0.39, 0.29) is 0 Å². The number of rotatable bonds is 7. The van der Waals surface area contributed by atoms with Gasteiger partial charge in [0.25, 0.3) is 0 Å². The molecule has 0 saturated carbocycles. The van der Waals surface area contributed by atoms with Gasteiger partial charge in [-0.25, -0.2) is 0 Å². The van der Waals surface area contributed by atoms with Gasteiger partial charge < -0.3 is 19.3 Å². The standard InChI is InChI=1S/C15H22O5/c1-5-13(15(17)20-6-2)14(16)10-7-11(18-3)9-12(8-10)19-4/h7-9,13-14,16H,5-6H2,1-4H3. The minimum Gasteiger partial charge on any atom is -0.497 e. The number of ether oxygens (including phenoxy) is 3. The van der Waals surface area contributed by atoms with Crippen molar-refractivity contribution in [1.29, 1.82) is 0 Å². The molecule has 112 valence electrons. The van der Waals surface area contributed by atoms with Gasteiger partial charge in [-0.1, -0.05) is 6.92 Å². The summed E-state index contributed by atoms with van der Waals surface area (Å²) >= 11 is 0. The van der Waals surface area contributed by atoms with E-state index in [0.29, 0.717) is 30.1 Å². The van der Waals surface area contributed by atoms with Gasteiger partial charge in [0, 0.05) is 6.07 Å². The van der Waals surface area contributed by atoms with Crippen LogP contribution in [0.25, 0.3) is 0 Å². The summed E-state index contributed by atoms with van der Waals surface area (Å²) in [6, 6.07) is 5.09. The average Bonchev–Trinajstić information content (AvgIpc) is 2.47. The molecule has 2 unspecified atom stereocenters. The predicted octanol–water partition coefficient (Wildman–Crippen LogP) is 2.33. The third-order valence-corrected chi connectivity index (χ3v) is 3.13. The molecule has 0 amide bonds. The Hall–Kier alpha value is -1.75. The quantitative estimate of drug-likeness (QED) is 0.778. The number of benzene rings is 1. The summed E-state index contributed by atoms with van der Waals surface area (Å²) in [6.45, 7) is 3.87. The Balaban J connectivity index is 3.04. The molecule has 2 atom stereocenters. The molecule has 1 aromatic carbocycles. The van der Waals surface area contributed by atoms with E-state index in [9.17, 15) is 9.90 Å². The number of methoxy groups -OCH3 is 2. The normalized spacial score (nSPS) is 13.4. The van der Waals surface area contributed by atoms with Crippen LogP contribution >= 0.6 is 0 Å². The maximum absolute atomic E-state index is 11.9. The van der Waals surface area contributed by atoms with Crippen molar-refractivity contribution in [2.75, 3.05) is 20.8 Å². The molecule has 0 fully saturated rings. The lowest BCUT2D eigenvalue weighted by molar-refractivity contribution is -0.152. The van der Waals surface area contributed by atoms with Gasteiger partial charge >= 0.3 is 5.97 Å². The monoisotopic (exact) mass is 282 g/mol. The minimum absolute atomic E-state index is 0.295. The molecule has 0 radical (unpaired) electrons. The highest BCUT2D eigenvalue weighted by molar-refractivity contribution is 5.73. The van der Waals surface area contributed by atoms with Crippen molar-refractivity contribution in [3.63, 3.8) is 0 Å². The van der Waals surface area contributed by atoms with Crippen LogP contribution in [0.2, 0.25) is 0 Å². The van der Waals surface area contributed by atoms with Crippen LogP contribution in [0.5, 0.6) is 11.5 Å². The molecule has 0 aliphatic heterocycles. The fourth-order valence-electron chi connectivity index (χ4n) is 2.00. The highest BCUT2D eigenvalue weighted by Gasteiger charge is 2.28. The minimum atomic E-state index is -0.956. The number of hydrogen-bond acceptors (Lipinski definition) is 5. The number of aliphatic hydroxyl groups is 1. The number of carbonyl (C=O) groups is 1. The molecule has 0 aromatic heterocycles. The maximum Gasteiger partial charge on any atom is 0.311 e. The van der Waals surface area contributed by atoms with Crippen LogP contribution in [0.3, 0.4) is 0 Å². The Morgan fingerprint density at radius 2 is 1.70 bits per heavy atom. The Kier molecular flexibility index (Phi) is 6.31. The van der Waals surface area contributed by atoms with Crippen LogP contribution < -0.4 is 9.47 Å². The first kappa shape index (κ1) is 16.3. The Labute approximate surface area is 119 Å². The molecule has 0 saturated heterocycles. The van der Waals surface area contributed by atoms with Crippen LogP contribution in [-0.2, 0) is 9.53 Å². The molecule has 0 aliphatic carbocycles. The zero-order valence-electron chi connectivity index (χ0n) is 12.4. The van der Waals surface area contributed by atoms with Crippen molar-refractivity contribution < 1.29 is 24.1 Å². The predicted molar refractivity (Wildman–Crippen MR) is 74.9 cm³/mol. The lowest BCUT2D eigenvalue weighted by Crippen LogP contribution is -2.24. The first-order valence-electron chi connectivity index (χ1n) is 6.65. The Bertz CT molecular complexity index is 422. The van der Waals surface area contributed by atoms with E-state index < -0.39 is 18.0 Å². The molecule has 1 N–H and O–H groups in total. The fraction of sp³-hybridized carbons (Fsp3) is 0.533. The van der Waals surface area contributed by atoms with Crippen molar-refractivity contribution in [3.05, 3.63) is 23.8 Å². The van der Waals surface area contributed by atoms with E-state index >= 15 is 0 Å². The number of hydrogen-bond donors (Lipinski definition) is 1. The van der Waals surface area contributed by atoms with Gasteiger partial charge in [0.1, 0.15) is 11.5 Å². The Morgan fingerprint density at radius 3 is 2.10 bits per heavy atom. The maximum atomic E-state index is 11.9. The molecule has 0 heterocycles. The van der Waals surface area contributed by atoms with Crippen LogP contribution in [0.4, 0.5) is 0 Å². The van der Waals surface area contributed by atoms with Gasteiger partial charge in [-0.2, -0.15) is 0 Å². The average molecular weight is 282 g/mol. The van der Waals surface area contributed by atoms with Gasteiger partial charge in [0.15, 0.2) is 0 Å². The van der Waals surface area contributed by atoms with Crippen molar-refractivity contribution in [2.45, 2.75) is 26.4 Å². The van der Waals surface area contributed by atoms with Crippen LogP contribution in [0.15, 0.2) is 18.2 Å². The van der Waals surface area contributed by atoms with Crippen LogP contribution in [0.1, 0.15) is 31.9 Å². The number of esters is 1. The molecule has 20 heavy (non-hydrogen) atoms. The molecule has 1 rings (SSSR count). The first-order valence-corrected chi connectivity index (χ1v) is 6.65. The van der Waals surface area contributed by atoms with E-state index in [2.05, 4.69) is 0 Å². The lowest BCUT2D eigenvalue weighted by atomic mass is 9.93. The van der Waals surface area contributed by atoms with E-state index in [1.165, 1.54) is 14.2 Å². The molecule has 5 nitrogen and oxygen atoms in total. The second kappa shape index (κ2) is 7.75. The van der Waals surface area contributed by atoms with Crippen molar-refractivity contribution in [1.82, 2.24) is 0 Å². The summed E-state index contributed by atoms with van der Waals surface area (Å²) in [5.74, 6) is 0.130. The zero-order chi connectivity index (χ0) is 15.1. The van der Waals surface area contributed by atoms with Crippen molar-refractivity contribution >= 4 is 5.97 Å². The third kappa shape index (κ3) is 3.87. The SMILES string of the molecule is CCOC(=O)C(CC)C(O)c1cc(OC)cc(OC)c1. The van der Waals surface area contributed by atoms with Crippen LogP contribution in [0, 0.1) is 5.92 Å². The third-order valence-electron chi connectivity index (χ3n) is 3.13. The summed E-state index contributed by atoms with van der Waals surface area (Å²) in [5.41, 5.74) is 0.570. The molecule has 5 heteroatoms.